The van der Waals surface area contributed by atoms with Crippen LogP contribution in [0.3, 0.4) is 0 Å². The smallest absolute Gasteiger partial charge is 0.237 e. The topological polar surface area (TPSA) is 58.2 Å². The van der Waals surface area contributed by atoms with Crippen molar-refractivity contribution in [3.8, 4) is 0 Å². The summed E-state index contributed by atoms with van der Waals surface area (Å²) in [5.74, 6) is -0.0212. The van der Waals surface area contributed by atoms with Crippen LogP contribution >= 0.6 is 34.4 Å². The fraction of sp³-hybridized carbons (Fsp3) is 0.300. The molecule has 2 aromatic rings. The minimum Gasteiger partial charge on any atom is -0.326 e. The van der Waals surface area contributed by atoms with Crippen LogP contribution in [0, 0.1) is 3.57 Å². The highest BCUT2D eigenvalue weighted by atomic mass is 127. The minimum atomic E-state index is -0.250. The van der Waals surface area contributed by atoms with Gasteiger partial charge in [-0.05, 0) is 78.4 Å². The Morgan fingerprint density at radius 2 is 1.81 bits per heavy atom. The largest absolute Gasteiger partial charge is 0.326 e. The number of anilines is 2. The molecule has 138 valence electrons. The fourth-order valence-corrected chi connectivity index (χ4v) is 3.53. The van der Waals surface area contributed by atoms with Gasteiger partial charge in [-0.1, -0.05) is 19.4 Å². The molecule has 0 aliphatic carbocycles. The van der Waals surface area contributed by atoms with Gasteiger partial charge in [0.15, 0.2) is 0 Å². The number of hydrogen-bond donors (Lipinski definition) is 2. The second kappa shape index (κ2) is 10.6. The van der Waals surface area contributed by atoms with Crippen LogP contribution in [0.1, 0.15) is 33.1 Å². The molecule has 0 bridgehead atoms. The zero-order valence-electron chi connectivity index (χ0n) is 14.9. The molecule has 0 aliphatic heterocycles. The van der Waals surface area contributed by atoms with Crippen molar-refractivity contribution < 1.29 is 9.59 Å². The third-order valence-electron chi connectivity index (χ3n) is 3.67. The molecule has 1 unspecified atom stereocenters. The van der Waals surface area contributed by atoms with Crippen LogP contribution in [0.5, 0.6) is 0 Å². The molecule has 0 saturated carbocycles. The summed E-state index contributed by atoms with van der Waals surface area (Å²) in [6, 6.07) is 15.3. The van der Waals surface area contributed by atoms with Crippen LogP contribution in [0.25, 0.3) is 0 Å². The zero-order valence-corrected chi connectivity index (χ0v) is 17.9. The number of hydrogen-bond acceptors (Lipinski definition) is 3. The summed E-state index contributed by atoms with van der Waals surface area (Å²) in [7, 11) is 0. The third kappa shape index (κ3) is 6.99. The number of amides is 2. The summed E-state index contributed by atoms with van der Waals surface area (Å²) < 4.78 is 1.13. The summed E-state index contributed by atoms with van der Waals surface area (Å²) >= 11 is 3.70. The van der Waals surface area contributed by atoms with E-state index in [4.69, 9.17) is 0 Å². The van der Waals surface area contributed by atoms with Crippen molar-refractivity contribution in [3.63, 3.8) is 0 Å². The van der Waals surface area contributed by atoms with Crippen LogP contribution in [0.15, 0.2) is 53.4 Å². The van der Waals surface area contributed by atoms with Gasteiger partial charge >= 0.3 is 0 Å². The molecule has 1 atom stereocenters. The van der Waals surface area contributed by atoms with E-state index in [1.165, 1.54) is 11.8 Å². The van der Waals surface area contributed by atoms with Gasteiger partial charge in [-0.15, -0.1) is 11.8 Å². The number of benzene rings is 2. The van der Waals surface area contributed by atoms with Gasteiger partial charge in [0.1, 0.15) is 0 Å². The molecule has 0 aliphatic rings. The van der Waals surface area contributed by atoms with Crippen LogP contribution in [-0.2, 0) is 9.59 Å². The maximum Gasteiger partial charge on any atom is 0.237 e. The Morgan fingerprint density at radius 1 is 1.08 bits per heavy atom. The van der Waals surface area contributed by atoms with Crippen LogP contribution in [-0.4, -0.2) is 17.1 Å². The highest BCUT2D eigenvalue weighted by Gasteiger charge is 2.15. The van der Waals surface area contributed by atoms with E-state index < -0.39 is 0 Å². The number of rotatable bonds is 8. The number of halogens is 1. The van der Waals surface area contributed by atoms with Crippen molar-refractivity contribution >= 4 is 57.5 Å². The molecule has 0 aromatic heterocycles. The predicted octanol–water partition coefficient (Wildman–Crippen LogP) is 5.54. The van der Waals surface area contributed by atoms with E-state index in [1.807, 2.05) is 55.5 Å². The lowest BCUT2D eigenvalue weighted by Crippen LogP contribution is -2.22. The first-order chi connectivity index (χ1) is 12.5. The average molecular weight is 482 g/mol. The molecule has 2 rings (SSSR count). The lowest BCUT2D eigenvalue weighted by Gasteiger charge is -2.13. The normalized spacial score (nSPS) is 11.7. The maximum atomic E-state index is 12.4. The first-order valence-electron chi connectivity index (χ1n) is 8.61. The van der Waals surface area contributed by atoms with Gasteiger partial charge in [-0.25, -0.2) is 0 Å². The van der Waals surface area contributed by atoms with Crippen molar-refractivity contribution in [1.82, 2.24) is 0 Å². The van der Waals surface area contributed by atoms with Crippen molar-refractivity contribution in [2.45, 2.75) is 43.3 Å². The van der Waals surface area contributed by atoms with Crippen molar-refractivity contribution in [1.29, 1.82) is 0 Å². The van der Waals surface area contributed by atoms with Gasteiger partial charge in [0.05, 0.1) is 5.25 Å². The average Bonchev–Trinajstić information content (AvgIpc) is 2.62. The van der Waals surface area contributed by atoms with Gasteiger partial charge < -0.3 is 10.6 Å². The van der Waals surface area contributed by atoms with Crippen LogP contribution in [0.2, 0.25) is 0 Å². The first-order valence-corrected chi connectivity index (χ1v) is 10.6. The Hall–Kier alpha value is -1.54. The number of carbonyl (C=O) groups excluding carboxylic acids is 2. The second-order valence-electron chi connectivity index (χ2n) is 5.94. The highest BCUT2D eigenvalue weighted by molar-refractivity contribution is 14.1. The Labute approximate surface area is 172 Å². The Balaban J connectivity index is 1.92. The molecule has 0 radical (unpaired) electrons. The Kier molecular flexibility index (Phi) is 8.44. The first kappa shape index (κ1) is 20.8. The summed E-state index contributed by atoms with van der Waals surface area (Å²) in [6.07, 6.45) is 2.41. The molecule has 0 fully saturated rings. The summed E-state index contributed by atoms with van der Waals surface area (Å²) in [5.41, 5.74) is 1.56. The predicted molar refractivity (Wildman–Crippen MR) is 118 cm³/mol. The van der Waals surface area contributed by atoms with Crippen LogP contribution in [0.4, 0.5) is 11.4 Å². The van der Waals surface area contributed by atoms with Gasteiger partial charge in [-0.2, -0.15) is 0 Å². The molecule has 2 amide bonds. The SMILES string of the molecule is CCCCC(=O)Nc1cccc(SC(C)C(=O)Nc2ccc(I)cc2)c1. The quantitative estimate of drug-likeness (QED) is 0.384. The molecule has 2 N–H and O–H groups in total. The van der Waals surface area contributed by atoms with Gasteiger partial charge in [-0.3, -0.25) is 9.59 Å². The lowest BCUT2D eigenvalue weighted by atomic mass is 10.2. The molecule has 2 aromatic carbocycles. The summed E-state index contributed by atoms with van der Waals surface area (Å²) in [4.78, 5) is 25.2. The molecular formula is C20H23IN2O2S. The van der Waals surface area contributed by atoms with E-state index in [1.54, 1.807) is 0 Å². The number of carbonyl (C=O) groups is 2. The molecule has 6 heteroatoms. The van der Waals surface area contributed by atoms with Crippen molar-refractivity contribution in [2.75, 3.05) is 10.6 Å². The van der Waals surface area contributed by atoms with E-state index in [-0.39, 0.29) is 17.1 Å². The molecule has 0 spiro atoms. The Bertz CT molecular complexity index is 750. The molecule has 0 heterocycles. The molecule has 26 heavy (non-hydrogen) atoms. The van der Waals surface area contributed by atoms with Gasteiger partial charge in [0.2, 0.25) is 11.8 Å². The maximum absolute atomic E-state index is 12.4. The van der Waals surface area contributed by atoms with E-state index >= 15 is 0 Å². The number of nitrogens with one attached hydrogen (secondary N) is 2. The number of thioether (sulfide) groups is 1. The molecule has 0 saturated heterocycles. The fourth-order valence-electron chi connectivity index (χ4n) is 2.24. The molecule has 4 nitrogen and oxygen atoms in total. The minimum absolute atomic E-state index is 0.0264. The summed E-state index contributed by atoms with van der Waals surface area (Å²) in [6.45, 7) is 3.94. The Morgan fingerprint density at radius 3 is 2.50 bits per heavy atom. The van der Waals surface area contributed by atoms with E-state index in [9.17, 15) is 9.59 Å². The van der Waals surface area contributed by atoms with Gasteiger partial charge in [0.25, 0.3) is 0 Å². The monoisotopic (exact) mass is 482 g/mol. The lowest BCUT2D eigenvalue weighted by molar-refractivity contribution is -0.116. The molecular weight excluding hydrogens is 459 g/mol. The van der Waals surface area contributed by atoms with E-state index in [0.717, 1.165) is 32.7 Å². The van der Waals surface area contributed by atoms with Crippen molar-refractivity contribution in [2.24, 2.45) is 0 Å². The van der Waals surface area contributed by atoms with Gasteiger partial charge in [0, 0.05) is 26.3 Å². The number of unbranched alkanes of at least 4 members (excludes halogenated alkanes) is 1. The summed E-state index contributed by atoms with van der Waals surface area (Å²) in [5, 5.41) is 5.59. The van der Waals surface area contributed by atoms with Crippen molar-refractivity contribution in [3.05, 3.63) is 52.1 Å². The van der Waals surface area contributed by atoms with E-state index in [2.05, 4.69) is 40.1 Å². The third-order valence-corrected chi connectivity index (χ3v) is 5.48. The standard InChI is InChI=1S/C20H23IN2O2S/c1-3-4-8-19(24)22-17-6-5-7-18(13-17)26-14(2)20(25)23-16-11-9-15(21)10-12-16/h5-7,9-14H,3-4,8H2,1-2H3,(H,22,24)(H,23,25). The van der Waals surface area contributed by atoms with E-state index in [0.29, 0.717) is 6.42 Å². The van der Waals surface area contributed by atoms with Crippen LogP contribution < -0.4 is 10.6 Å². The highest BCUT2D eigenvalue weighted by Crippen LogP contribution is 2.27. The zero-order chi connectivity index (χ0) is 18.9. The second-order valence-corrected chi connectivity index (χ2v) is 8.60.